The van der Waals surface area contributed by atoms with E-state index in [1.807, 2.05) is 0 Å². The Bertz CT molecular complexity index is 421. The zero-order chi connectivity index (χ0) is 10.1. The summed E-state index contributed by atoms with van der Waals surface area (Å²) in [5, 5.41) is 4.95. The van der Waals surface area contributed by atoms with Gasteiger partial charge >= 0.3 is 0 Å². The summed E-state index contributed by atoms with van der Waals surface area (Å²) in [6.07, 6.45) is 1.46. The summed E-state index contributed by atoms with van der Waals surface area (Å²) in [7, 11) is -3.75. The molecule has 0 aliphatic rings. The van der Waals surface area contributed by atoms with Gasteiger partial charge < -0.3 is 0 Å². The van der Waals surface area contributed by atoms with Crippen LogP contribution in [0.2, 0.25) is 0 Å². The summed E-state index contributed by atoms with van der Waals surface area (Å²) < 4.78 is 22.6. The maximum Gasteiger partial charge on any atom is 0.239 e. The van der Waals surface area contributed by atoms with E-state index in [1.54, 1.807) is 0 Å². The van der Waals surface area contributed by atoms with E-state index in [9.17, 15) is 8.42 Å². The summed E-state index contributed by atoms with van der Waals surface area (Å²) in [5.74, 6) is 0.0129. The molecular formula is C6H6BrClN2O2S. The number of sulfonamides is 1. The summed E-state index contributed by atoms with van der Waals surface area (Å²) >= 11 is 8.59. The van der Waals surface area contributed by atoms with Crippen LogP contribution in [0.4, 0.5) is 0 Å². The molecule has 0 saturated carbocycles. The van der Waals surface area contributed by atoms with Gasteiger partial charge in [0.15, 0.2) is 0 Å². The third-order valence-electron chi connectivity index (χ3n) is 1.33. The van der Waals surface area contributed by atoms with E-state index in [-0.39, 0.29) is 16.5 Å². The van der Waals surface area contributed by atoms with Gasteiger partial charge in [-0.05, 0) is 22.0 Å². The maximum absolute atomic E-state index is 11.0. The zero-order valence-electron chi connectivity index (χ0n) is 6.37. The monoisotopic (exact) mass is 284 g/mol. The second-order valence-electron chi connectivity index (χ2n) is 2.28. The number of pyridine rings is 1. The molecule has 1 aromatic rings. The molecule has 0 saturated heterocycles. The highest BCUT2D eigenvalue weighted by Crippen LogP contribution is 2.18. The molecule has 0 spiro atoms. The Hall–Kier alpha value is -0.170. The summed E-state index contributed by atoms with van der Waals surface area (Å²) in [4.78, 5) is 3.78. The normalized spacial score (nSPS) is 11.6. The number of hydrogen-bond acceptors (Lipinski definition) is 3. The molecule has 72 valence electrons. The van der Waals surface area contributed by atoms with E-state index >= 15 is 0 Å². The lowest BCUT2D eigenvalue weighted by atomic mass is 10.4. The second-order valence-corrected chi connectivity index (χ2v) is 4.99. The Labute approximate surface area is 89.3 Å². The van der Waals surface area contributed by atoms with Crippen LogP contribution in [-0.2, 0) is 15.9 Å². The van der Waals surface area contributed by atoms with Gasteiger partial charge in [-0.3, -0.25) is 4.98 Å². The highest BCUT2D eigenvalue weighted by atomic mass is 79.9. The molecule has 0 radical (unpaired) electrons. The number of primary sulfonamides is 1. The van der Waals surface area contributed by atoms with Crippen molar-refractivity contribution in [2.24, 2.45) is 5.14 Å². The Morgan fingerprint density at radius 1 is 1.62 bits per heavy atom. The van der Waals surface area contributed by atoms with Crippen molar-refractivity contribution in [1.29, 1.82) is 0 Å². The van der Waals surface area contributed by atoms with Crippen LogP contribution in [0.15, 0.2) is 21.6 Å². The molecule has 7 heteroatoms. The lowest BCUT2D eigenvalue weighted by Crippen LogP contribution is -2.15. The van der Waals surface area contributed by atoms with Gasteiger partial charge in [0.1, 0.15) is 4.90 Å². The van der Waals surface area contributed by atoms with Gasteiger partial charge in [-0.25, -0.2) is 13.6 Å². The fourth-order valence-electron chi connectivity index (χ4n) is 0.796. The smallest absolute Gasteiger partial charge is 0.239 e. The molecule has 0 aliphatic carbocycles. The summed E-state index contributed by atoms with van der Waals surface area (Å²) in [6, 6.07) is 1.38. The molecule has 4 nitrogen and oxygen atoms in total. The first-order valence-corrected chi connectivity index (χ1v) is 6.05. The number of halogens is 2. The molecule has 0 amide bonds. The highest BCUT2D eigenvalue weighted by molar-refractivity contribution is 9.10. The zero-order valence-corrected chi connectivity index (χ0v) is 9.53. The van der Waals surface area contributed by atoms with Crippen molar-refractivity contribution in [2.75, 3.05) is 0 Å². The van der Waals surface area contributed by atoms with Crippen molar-refractivity contribution in [3.8, 4) is 0 Å². The first-order chi connectivity index (χ1) is 5.95. The van der Waals surface area contributed by atoms with E-state index in [2.05, 4.69) is 20.9 Å². The quantitative estimate of drug-likeness (QED) is 0.831. The Balaban J connectivity index is 3.41. The number of alkyl halides is 1. The van der Waals surface area contributed by atoms with E-state index in [0.29, 0.717) is 4.47 Å². The number of nitrogens with two attached hydrogens (primary N) is 1. The number of aromatic nitrogens is 1. The molecule has 13 heavy (non-hydrogen) atoms. The van der Waals surface area contributed by atoms with Crippen molar-refractivity contribution in [1.82, 2.24) is 4.98 Å². The van der Waals surface area contributed by atoms with Gasteiger partial charge in [-0.1, -0.05) is 0 Å². The van der Waals surface area contributed by atoms with Crippen molar-refractivity contribution < 1.29 is 8.42 Å². The number of rotatable bonds is 2. The Morgan fingerprint density at radius 2 is 2.23 bits per heavy atom. The minimum Gasteiger partial charge on any atom is -0.257 e. The van der Waals surface area contributed by atoms with Gasteiger partial charge in [-0.15, -0.1) is 11.6 Å². The fraction of sp³-hybridized carbons (Fsp3) is 0.167. The first kappa shape index (κ1) is 10.9. The molecule has 0 aromatic carbocycles. The SMILES string of the molecule is NS(=O)(=O)c1cc(Br)cnc1CCl. The van der Waals surface area contributed by atoms with Crippen LogP contribution in [0.1, 0.15) is 5.69 Å². The van der Waals surface area contributed by atoms with Crippen molar-refractivity contribution >= 4 is 37.6 Å². The summed E-state index contributed by atoms with van der Waals surface area (Å²) in [5.41, 5.74) is 0.257. The predicted octanol–water partition coefficient (Wildman–Crippen LogP) is 1.23. The minimum atomic E-state index is -3.75. The second kappa shape index (κ2) is 3.91. The van der Waals surface area contributed by atoms with Gasteiger partial charge in [-0.2, -0.15) is 0 Å². The van der Waals surface area contributed by atoms with E-state index in [0.717, 1.165) is 0 Å². The van der Waals surface area contributed by atoms with Crippen LogP contribution >= 0.6 is 27.5 Å². The molecule has 1 aromatic heterocycles. The third kappa shape index (κ3) is 2.63. The van der Waals surface area contributed by atoms with Gasteiger partial charge in [0.25, 0.3) is 0 Å². The van der Waals surface area contributed by atoms with Crippen LogP contribution in [0.5, 0.6) is 0 Å². The topological polar surface area (TPSA) is 73.1 Å². The number of nitrogens with zero attached hydrogens (tertiary/aromatic N) is 1. The van der Waals surface area contributed by atoms with Gasteiger partial charge in [0.2, 0.25) is 10.0 Å². The molecule has 1 rings (SSSR count). The van der Waals surface area contributed by atoms with Crippen molar-refractivity contribution in [3.63, 3.8) is 0 Å². The van der Waals surface area contributed by atoms with Crippen molar-refractivity contribution in [3.05, 3.63) is 22.4 Å². The van der Waals surface area contributed by atoms with Crippen LogP contribution in [0, 0.1) is 0 Å². The molecule has 1 heterocycles. The average molecular weight is 286 g/mol. The predicted molar refractivity (Wildman–Crippen MR) is 52.9 cm³/mol. The fourth-order valence-corrected chi connectivity index (χ4v) is 2.32. The standard InChI is InChI=1S/C6H6BrClN2O2S/c7-4-1-6(13(9,11)12)5(2-8)10-3-4/h1,3H,2H2,(H2,9,11,12). The first-order valence-electron chi connectivity index (χ1n) is 3.18. The van der Waals surface area contributed by atoms with Crippen LogP contribution < -0.4 is 5.14 Å². The highest BCUT2D eigenvalue weighted by Gasteiger charge is 2.14. The lowest BCUT2D eigenvalue weighted by molar-refractivity contribution is 0.596. The Morgan fingerprint density at radius 3 is 2.69 bits per heavy atom. The van der Waals surface area contributed by atoms with Gasteiger partial charge in [0.05, 0.1) is 11.6 Å². The van der Waals surface area contributed by atoms with E-state index < -0.39 is 10.0 Å². The van der Waals surface area contributed by atoms with Crippen molar-refractivity contribution in [2.45, 2.75) is 10.8 Å². The molecule has 0 fully saturated rings. The maximum atomic E-state index is 11.0. The summed E-state index contributed by atoms with van der Waals surface area (Å²) in [6.45, 7) is 0. The molecule has 0 aliphatic heterocycles. The van der Waals surface area contributed by atoms with E-state index in [4.69, 9.17) is 16.7 Å². The van der Waals surface area contributed by atoms with Crippen LogP contribution in [0.25, 0.3) is 0 Å². The largest absolute Gasteiger partial charge is 0.257 e. The molecule has 0 bridgehead atoms. The Kier molecular flexibility index (Phi) is 3.28. The van der Waals surface area contributed by atoms with Gasteiger partial charge in [0, 0.05) is 10.7 Å². The van der Waals surface area contributed by atoms with Crippen LogP contribution in [0.3, 0.4) is 0 Å². The average Bonchev–Trinajstić information content (AvgIpc) is 2.03. The lowest BCUT2D eigenvalue weighted by Gasteiger charge is -2.03. The molecule has 0 atom stereocenters. The third-order valence-corrected chi connectivity index (χ3v) is 2.98. The van der Waals surface area contributed by atoms with Crippen LogP contribution in [-0.4, -0.2) is 13.4 Å². The molecule has 0 unspecified atom stereocenters. The molecule has 2 N–H and O–H groups in total. The van der Waals surface area contributed by atoms with E-state index in [1.165, 1.54) is 12.3 Å². The molecular weight excluding hydrogens is 280 g/mol. The minimum absolute atomic E-state index is 0.0129. The number of hydrogen-bond donors (Lipinski definition) is 1.